The summed E-state index contributed by atoms with van der Waals surface area (Å²) in [4.78, 5) is 0. The van der Waals surface area contributed by atoms with Crippen molar-refractivity contribution in [2.75, 3.05) is 6.54 Å². The van der Waals surface area contributed by atoms with E-state index in [9.17, 15) is 9.50 Å². The maximum atomic E-state index is 13.6. The van der Waals surface area contributed by atoms with Crippen LogP contribution in [0.5, 0.6) is 0 Å². The van der Waals surface area contributed by atoms with E-state index >= 15 is 0 Å². The number of nitrogens with one attached hydrogen (secondary N) is 1. The molecular weight excluding hydrogens is 205 g/mol. The van der Waals surface area contributed by atoms with E-state index in [2.05, 4.69) is 5.32 Å². The summed E-state index contributed by atoms with van der Waals surface area (Å²) < 4.78 is 13.6. The highest BCUT2D eigenvalue weighted by Crippen LogP contribution is 2.28. The summed E-state index contributed by atoms with van der Waals surface area (Å²) >= 11 is 0. The molecule has 1 aromatic rings. The highest BCUT2D eigenvalue weighted by molar-refractivity contribution is 5.24. The van der Waals surface area contributed by atoms with Gasteiger partial charge >= 0.3 is 0 Å². The van der Waals surface area contributed by atoms with Gasteiger partial charge in [-0.15, -0.1) is 0 Å². The Kier molecular flexibility index (Phi) is 3.26. The number of hydrogen-bond donors (Lipinski definition) is 2. The molecule has 0 heterocycles. The first kappa shape index (κ1) is 11.6. The van der Waals surface area contributed by atoms with Crippen molar-refractivity contribution in [3.63, 3.8) is 0 Å². The molecule has 1 unspecified atom stereocenters. The molecule has 0 amide bonds. The first-order valence-corrected chi connectivity index (χ1v) is 5.86. The van der Waals surface area contributed by atoms with Crippen molar-refractivity contribution in [1.82, 2.24) is 5.32 Å². The predicted molar refractivity (Wildman–Crippen MR) is 61.6 cm³/mol. The standard InChI is InChI=1S/C13H18FNO/c1-2-13(16,9-15-10-7-8-10)11-5-3-4-6-12(11)14/h3-6,10,15-16H,2,7-9H2,1H3. The van der Waals surface area contributed by atoms with Gasteiger partial charge in [-0.3, -0.25) is 0 Å². The van der Waals surface area contributed by atoms with Crippen LogP contribution in [0.4, 0.5) is 4.39 Å². The Balaban J connectivity index is 2.15. The molecule has 0 saturated heterocycles. The van der Waals surface area contributed by atoms with Crippen LogP contribution in [0.2, 0.25) is 0 Å². The van der Waals surface area contributed by atoms with Crippen LogP contribution >= 0.6 is 0 Å². The second kappa shape index (κ2) is 4.52. The maximum Gasteiger partial charge on any atom is 0.129 e. The highest BCUT2D eigenvalue weighted by Gasteiger charge is 2.32. The number of halogens is 1. The zero-order valence-electron chi connectivity index (χ0n) is 9.54. The minimum absolute atomic E-state index is 0.329. The largest absolute Gasteiger partial charge is 0.384 e. The Morgan fingerprint density at radius 2 is 2.12 bits per heavy atom. The molecule has 0 bridgehead atoms. The summed E-state index contributed by atoms with van der Waals surface area (Å²) in [5.41, 5.74) is -0.695. The third-order valence-electron chi connectivity index (χ3n) is 3.22. The average Bonchev–Trinajstić information content (AvgIpc) is 3.10. The fourth-order valence-corrected chi connectivity index (χ4v) is 1.85. The van der Waals surface area contributed by atoms with Gasteiger partial charge in [0.1, 0.15) is 11.4 Å². The van der Waals surface area contributed by atoms with E-state index in [0.717, 1.165) is 12.8 Å². The first-order valence-electron chi connectivity index (χ1n) is 5.86. The van der Waals surface area contributed by atoms with Crippen LogP contribution < -0.4 is 5.32 Å². The second-order valence-electron chi connectivity index (χ2n) is 4.52. The van der Waals surface area contributed by atoms with E-state index in [4.69, 9.17) is 0 Å². The zero-order valence-corrected chi connectivity index (χ0v) is 9.54. The summed E-state index contributed by atoms with van der Waals surface area (Å²) in [6.45, 7) is 2.30. The van der Waals surface area contributed by atoms with Crippen molar-refractivity contribution in [2.24, 2.45) is 0 Å². The van der Waals surface area contributed by atoms with E-state index in [1.54, 1.807) is 18.2 Å². The van der Waals surface area contributed by atoms with Crippen molar-refractivity contribution in [1.29, 1.82) is 0 Å². The maximum absolute atomic E-state index is 13.6. The van der Waals surface area contributed by atoms with Crippen LogP contribution in [0, 0.1) is 5.82 Å². The molecule has 0 spiro atoms. The molecule has 16 heavy (non-hydrogen) atoms. The van der Waals surface area contributed by atoms with Gasteiger partial charge < -0.3 is 10.4 Å². The lowest BCUT2D eigenvalue weighted by atomic mass is 9.90. The summed E-state index contributed by atoms with van der Waals surface area (Å²) in [6, 6.07) is 6.98. The van der Waals surface area contributed by atoms with Gasteiger partial charge in [0.2, 0.25) is 0 Å². The third kappa shape index (κ3) is 2.42. The van der Waals surface area contributed by atoms with Gasteiger partial charge in [0, 0.05) is 18.2 Å². The lowest BCUT2D eigenvalue weighted by Gasteiger charge is -2.28. The second-order valence-corrected chi connectivity index (χ2v) is 4.52. The zero-order chi connectivity index (χ0) is 11.6. The molecule has 2 N–H and O–H groups in total. The first-order chi connectivity index (χ1) is 7.65. The monoisotopic (exact) mass is 223 g/mol. The van der Waals surface area contributed by atoms with Gasteiger partial charge in [0.15, 0.2) is 0 Å². The third-order valence-corrected chi connectivity index (χ3v) is 3.22. The molecule has 1 aliphatic rings. The van der Waals surface area contributed by atoms with E-state index in [0.29, 0.717) is 24.6 Å². The molecule has 1 atom stereocenters. The van der Waals surface area contributed by atoms with Crippen LogP contribution in [-0.2, 0) is 5.60 Å². The molecular formula is C13H18FNO. The average molecular weight is 223 g/mol. The SMILES string of the molecule is CCC(O)(CNC1CC1)c1ccccc1F. The van der Waals surface area contributed by atoms with E-state index < -0.39 is 5.60 Å². The quantitative estimate of drug-likeness (QED) is 0.802. The Hall–Kier alpha value is -0.930. The number of benzene rings is 1. The topological polar surface area (TPSA) is 32.3 Å². The minimum atomic E-state index is -1.09. The van der Waals surface area contributed by atoms with Crippen LogP contribution in [0.3, 0.4) is 0 Å². The van der Waals surface area contributed by atoms with Crippen LogP contribution in [0.1, 0.15) is 31.7 Å². The number of rotatable bonds is 5. The van der Waals surface area contributed by atoms with E-state index in [-0.39, 0.29) is 5.82 Å². The molecule has 0 aromatic heterocycles. The van der Waals surface area contributed by atoms with Gasteiger partial charge in [-0.2, -0.15) is 0 Å². The summed E-state index contributed by atoms with van der Waals surface area (Å²) in [5, 5.41) is 13.7. The Bertz CT molecular complexity index is 365. The van der Waals surface area contributed by atoms with Crippen LogP contribution in [0.15, 0.2) is 24.3 Å². The Morgan fingerprint density at radius 1 is 1.44 bits per heavy atom. The summed E-state index contributed by atoms with van der Waals surface area (Å²) in [5.74, 6) is -0.329. The summed E-state index contributed by atoms with van der Waals surface area (Å²) in [6.07, 6.45) is 2.84. The van der Waals surface area contributed by atoms with E-state index in [1.807, 2.05) is 6.92 Å². The lowest BCUT2D eigenvalue weighted by molar-refractivity contribution is 0.0288. The van der Waals surface area contributed by atoms with Crippen molar-refractivity contribution in [2.45, 2.75) is 37.8 Å². The predicted octanol–water partition coefficient (Wildman–Crippen LogP) is 2.18. The summed E-state index contributed by atoms with van der Waals surface area (Å²) in [7, 11) is 0. The smallest absolute Gasteiger partial charge is 0.129 e. The molecule has 2 nitrogen and oxygen atoms in total. The molecule has 0 radical (unpaired) electrons. The van der Waals surface area contributed by atoms with Crippen LogP contribution in [0.25, 0.3) is 0 Å². The molecule has 3 heteroatoms. The Morgan fingerprint density at radius 3 is 2.69 bits per heavy atom. The molecule has 1 saturated carbocycles. The van der Waals surface area contributed by atoms with Gasteiger partial charge in [-0.1, -0.05) is 25.1 Å². The van der Waals surface area contributed by atoms with Crippen molar-refractivity contribution >= 4 is 0 Å². The number of hydrogen-bond acceptors (Lipinski definition) is 2. The number of aliphatic hydroxyl groups is 1. The Labute approximate surface area is 95.5 Å². The molecule has 2 rings (SSSR count). The van der Waals surface area contributed by atoms with Gasteiger partial charge in [0.05, 0.1) is 0 Å². The minimum Gasteiger partial charge on any atom is -0.384 e. The van der Waals surface area contributed by atoms with Crippen molar-refractivity contribution in [3.05, 3.63) is 35.6 Å². The molecule has 1 fully saturated rings. The van der Waals surface area contributed by atoms with Gasteiger partial charge in [0.25, 0.3) is 0 Å². The highest BCUT2D eigenvalue weighted by atomic mass is 19.1. The normalized spacial score (nSPS) is 19.4. The fraction of sp³-hybridized carbons (Fsp3) is 0.538. The molecule has 1 aromatic carbocycles. The fourth-order valence-electron chi connectivity index (χ4n) is 1.85. The molecule has 1 aliphatic carbocycles. The molecule has 0 aliphatic heterocycles. The van der Waals surface area contributed by atoms with Crippen LogP contribution in [-0.4, -0.2) is 17.7 Å². The lowest BCUT2D eigenvalue weighted by Crippen LogP contribution is -2.39. The van der Waals surface area contributed by atoms with E-state index in [1.165, 1.54) is 6.07 Å². The van der Waals surface area contributed by atoms with Gasteiger partial charge in [-0.25, -0.2) is 4.39 Å². The van der Waals surface area contributed by atoms with Crippen molar-refractivity contribution < 1.29 is 9.50 Å². The molecule has 88 valence electrons. The van der Waals surface area contributed by atoms with Gasteiger partial charge in [-0.05, 0) is 25.3 Å². The van der Waals surface area contributed by atoms with Crippen molar-refractivity contribution in [3.8, 4) is 0 Å².